The van der Waals surface area contributed by atoms with Crippen molar-refractivity contribution in [3.05, 3.63) is 5.69 Å². The molecule has 0 fully saturated rings. The van der Waals surface area contributed by atoms with Crippen molar-refractivity contribution < 1.29 is 5.11 Å². The molecule has 1 atom stereocenters. The average Bonchev–Trinajstić information content (AvgIpc) is 2.50. The zero-order valence-corrected chi connectivity index (χ0v) is 12.9. The van der Waals surface area contributed by atoms with E-state index in [1.165, 1.54) is 0 Å². The third-order valence-electron chi connectivity index (χ3n) is 2.95. The van der Waals surface area contributed by atoms with Gasteiger partial charge in [-0.3, -0.25) is 4.68 Å². The van der Waals surface area contributed by atoms with Gasteiger partial charge in [0, 0.05) is 20.1 Å². The van der Waals surface area contributed by atoms with Crippen LogP contribution in [0, 0.1) is 0 Å². The fraction of sp³-hybridized carbons (Fsp3) is 0.769. The van der Waals surface area contributed by atoms with E-state index in [0.29, 0.717) is 18.8 Å². The Morgan fingerprint density at radius 1 is 1.47 bits per heavy atom. The predicted molar refractivity (Wildman–Crippen MR) is 79.4 cm³/mol. The summed E-state index contributed by atoms with van der Waals surface area (Å²) in [5.74, 6) is 1.05. The monoisotopic (exact) mass is 269 g/mol. The molecule has 0 saturated carbocycles. The smallest absolute Gasteiger partial charge is 0.147 e. The SMILES string of the molecule is CC(C)c1nn(C)c(NCC(C)(O)CN(C)C)c1N. The van der Waals surface area contributed by atoms with Gasteiger partial charge < -0.3 is 21.1 Å². The van der Waals surface area contributed by atoms with Crippen LogP contribution in [0.4, 0.5) is 11.5 Å². The fourth-order valence-electron chi connectivity index (χ4n) is 2.21. The van der Waals surface area contributed by atoms with Crippen molar-refractivity contribution in [3.8, 4) is 0 Å². The van der Waals surface area contributed by atoms with Gasteiger partial charge in [0.05, 0.1) is 17.0 Å². The number of nitrogens with zero attached hydrogens (tertiary/aromatic N) is 3. The van der Waals surface area contributed by atoms with Gasteiger partial charge in [0.25, 0.3) is 0 Å². The van der Waals surface area contributed by atoms with E-state index >= 15 is 0 Å². The van der Waals surface area contributed by atoms with E-state index in [9.17, 15) is 5.11 Å². The van der Waals surface area contributed by atoms with E-state index < -0.39 is 5.60 Å². The highest BCUT2D eigenvalue weighted by atomic mass is 16.3. The summed E-state index contributed by atoms with van der Waals surface area (Å²) in [6.07, 6.45) is 0. The molecule has 4 N–H and O–H groups in total. The lowest BCUT2D eigenvalue weighted by Gasteiger charge is -2.27. The lowest BCUT2D eigenvalue weighted by atomic mass is 10.1. The van der Waals surface area contributed by atoms with Gasteiger partial charge in [-0.25, -0.2) is 0 Å². The van der Waals surface area contributed by atoms with Gasteiger partial charge in [0.15, 0.2) is 0 Å². The number of nitrogen functional groups attached to an aromatic ring is 1. The number of aryl methyl sites for hydroxylation is 1. The summed E-state index contributed by atoms with van der Waals surface area (Å²) >= 11 is 0. The number of anilines is 2. The molecule has 0 aliphatic carbocycles. The molecule has 0 saturated heterocycles. The molecule has 110 valence electrons. The highest BCUT2D eigenvalue weighted by Gasteiger charge is 2.23. The molecule has 1 aromatic rings. The van der Waals surface area contributed by atoms with Crippen LogP contribution < -0.4 is 11.1 Å². The molecule has 6 heteroatoms. The molecule has 0 spiro atoms. The van der Waals surface area contributed by atoms with Crippen molar-refractivity contribution >= 4 is 11.5 Å². The van der Waals surface area contributed by atoms with Crippen LogP contribution in [-0.4, -0.2) is 52.6 Å². The molecule has 6 nitrogen and oxygen atoms in total. The van der Waals surface area contributed by atoms with Crippen LogP contribution in [0.3, 0.4) is 0 Å². The zero-order chi connectivity index (χ0) is 14.8. The van der Waals surface area contributed by atoms with Crippen LogP contribution in [0.2, 0.25) is 0 Å². The maximum atomic E-state index is 10.3. The summed E-state index contributed by atoms with van der Waals surface area (Å²) in [5.41, 5.74) is 6.83. The minimum absolute atomic E-state index is 0.282. The Labute approximate surface area is 115 Å². The Balaban J connectivity index is 2.78. The third-order valence-corrected chi connectivity index (χ3v) is 2.95. The molecule has 1 aromatic heterocycles. The largest absolute Gasteiger partial charge is 0.394 e. The Morgan fingerprint density at radius 3 is 2.47 bits per heavy atom. The quantitative estimate of drug-likeness (QED) is 0.713. The second-order valence-electron chi connectivity index (χ2n) is 6.01. The Kier molecular flexibility index (Phi) is 4.81. The minimum Gasteiger partial charge on any atom is -0.394 e. The number of rotatable bonds is 6. The van der Waals surface area contributed by atoms with Gasteiger partial charge in [0.1, 0.15) is 5.82 Å². The first kappa shape index (κ1) is 15.8. The summed E-state index contributed by atoms with van der Waals surface area (Å²) in [6, 6.07) is 0. The van der Waals surface area contributed by atoms with E-state index in [1.807, 2.05) is 26.0 Å². The molecular formula is C13H27N5O. The summed E-state index contributed by atoms with van der Waals surface area (Å²) < 4.78 is 1.73. The molecule has 0 bridgehead atoms. The summed E-state index contributed by atoms with van der Waals surface area (Å²) in [7, 11) is 5.72. The van der Waals surface area contributed by atoms with Crippen molar-refractivity contribution in [1.29, 1.82) is 0 Å². The number of nitrogens with one attached hydrogen (secondary N) is 1. The lowest BCUT2D eigenvalue weighted by Crippen LogP contribution is -2.43. The normalized spacial score (nSPS) is 15.0. The number of likely N-dealkylation sites (N-methyl/N-ethyl adjacent to an activating group) is 1. The predicted octanol–water partition coefficient (Wildman–Crippen LogP) is 0.850. The standard InChI is InChI=1S/C13H27N5O/c1-9(2)11-10(14)12(18(6)16-11)15-7-13(3,19)8-17(4)5/h9,15,19H,7-8,14H2,1-6H3. The van der Waals surface area contributed by atoms with E-state index in [-0.39, 0.29) is 5.92 Å². The van der Waals surface area contributed by atoms with Gasteiger partial charge >= 0.3 is 0 Å². The van der Waals surface area contributed by atoms with Crippen LogP contribution in [0.15, 0.2) is 0 Å². The first-order chi connectivity index (χ1) is 8.64. The first-order valence-corrected chi connectivity index (χ1v) is 6.57. The van der Waals surface area contributed by atoms with Crippen molar-refractivity contribution in [2.45, 2.75) is 32.3 Å². The van der Waals surface area contributed by atoms with Crippen molar-refractivity contribution in [2.75, 3.05) is 38.2 Å². The van der Waals surface area contributed by atoms with Gasteiger partial charge in [-0.15, -0.1) is 0 Å². The molecule has 1 heterocycles. The highest BCUT2D eigenvalue weighted by molar-refractivity contribution is 5.65. The average molecular weight is 269 g/mol. The zero-order valence-electron chi connectivity index (χ0n) is 12.9. The lowest BCUT2D eigenvalue weighted by molar-refractivity contribution is 0.0458. The van der Waals surface area contributed by atoms with Gasteiger partial charge in [-0.1, -0.05) is 13.8 Å². The molecule has 0 aliphatic heterocycles. The molecule has 19 heavy (non-hydrogen) atoms. The van der Waals surface area contributed by atoms with Crippen LogP contribution in [0.25, 0.3) is 0 Å². The van der Waals surface area contributed by atoms with Gasteiger partial charge in [-0.05, 0) is 26.9 Å². The van der Waals surface area contributed by atoms with Crippen LogP contribution in [0.1, 0.15) is 32.4 Å². The minimum atomic E-state index is -0.821. The number of hydrogen-bond donors (Lipinski definition) is 3. The van der Waals surface area contributed by atoms with Crippen LogP contribution in [0.5, 0.6) is 0 Å². The van der Waals surface area contributed by atoms with E-state index in [0.717, 1.165) is 11.5 Å². The summed E-state index contributed by atoms with van der Waals surface area (Å²) in [5, 5.41) is 17.9. The summed E-state index contributed by atoms with van der Waals surface area (Å²) in [6.45, 7) is 6.92. The van der Waals surface area contributed by atoms with E-state index in [4.69, 9.17) is 5.73 Å². The van der Waals surface area contributed by atoms with Gasteiger partial charge in [0.2, 0.25) is 0 Å². The molecule has 0 amide bonds. The molecule has 1 rings (SSSR count). The molecule has 0 aliphatic rings. The van der Waals surface area contributed by atoms with Crippen LogP contribution in [-0.2, 0) is 7.05 Å². The first-order valence-electron chi connectivity index (χ1n) is 6.57. The summed E-state index contributed by atoms with van der Waals surface area (Å²) in [4.78, 5) is 1.95. The molecule has 0 radical (unpaired) electrons. The van der Waals surface area contributed by atoms with Gasteiger partial charge in [-0.2, -0.15) is 5.10 Å². The fourth-order valence-corrected chi connectivity index (χ4v) is 2.21. The maximum Gasteiger partial charge on any atom is 0.147 e. The number of aliphatic hydroxyl groups is 1. The number of hydrogen-bond acceptors (Lipinski definition) is 5. The molecular weight excluding hydrogens is 242 g/mol. The number of nitrogens with two attached hydrogens (primary N) is 1. The molecule has 0 aromatic carbocycles. The Morgan fingerprint density at radius 2 is 2.05 bits per heavy atom. The Hall–Kier alpha value is -1.27. The third kappa shape index (κ3) is 4.11. The second-order valence-corrected chi connectivity index (χ2v) is 6.01. The van der Waals surface area contributed by atoms with Crippen LogP contribution >= 0.6 is 0 Å². The van der Waals surface area contributed by atoms with Crippen molar-refractivity contribution in [2.24, 2.45) is 7.05 Å². The second kappa shape index (κ2) is 5.79. The van der Waals surface area contributed by atoms with Crippen molar-refractivity contribution in [3.63, 3.8) is 0 Å². The van der Waals surface area contributed by atoms with E-state index in [1.54, 1.807) is 11.6 Å². The van der Waals surface area contributed by atoms with Crippen molar-refractivity contribution in [1.82, 2.24) is 14.7 Å². The number of aromatic nitrogens is 2. The topological polar surface area (TPSA) is 79.3 Å². The Bertz CT molecular complexity index is 423. The highest BCUT2D eigenvalue weighted by Crippen LogP contribution is 2.27. The van der Waals surface area contributed by atoms with E-state index in [2.05, 4.69) is 24.3 Å². The maximum absolute atomic E-state index is 10.3. The molecule has 1 unspecified atom stereocenters.